The van der Waals surface area contributed by atoms with Gasteiger partial charge < -0.3 is 10.2 Å². The van der Waals surface area contributed by atoms with Crippen molar-refractivity contribution in [2.24, 2.45) is 0 Å². The van der Waals surface area contributed by atoms with Crippen LogP contribution in [0.15, 0.2) is 42.5 Å². The van der Waals surface area contributed by atoms with Gasteiger partial charge in [0.1, 0.15) is 6.04 Å². The average Bonchev–Trinajstić information content (AvgIpc) is 2.76. The Morgan fingerprint density at radius 2 is 1.81 bits per heavy atom. The van der Waals surface area contributed by atoms with Gasteiger partial charge in [-0.15, -0.1) is 11.8 Å². The van der Waals surface area contributed by atoms with Crippen molar-refractivity contribution in [3.8, 4) is 0 Å². The summed E-state index contributed by atoms with van der Waals surface area (Å²) < 4.78 is 0. The third-order valence-corrected chi connectivity index (χ3v) is 6.74. The number of carbonyl (C=O) groups is 2. The first kappa shape index (κ1) is 26.6. The molecule has 2 rings (SSSR count). The lowest BCUT2D eigenvalue weighted by Gasteiger charge is -2.30. The second-order valence-corrected chi connectivity index (χ2v) is 9.63. The van der Waals surface area contributed by atoms with Gasteiger partial charge in [0, 0.05) is 28.9 Å². The molecule has 1 atom stereocenters. The number of nitrogens with one attached hydrogen (secondary N) is 1. The number of thioether (sulfide) groups is 1. The summed E-state index contributed by atoms with van der Waals surface area (Å²) in [4.78, 5) is 27.8. The maximum Gasteiger partial charge on any atom is 0.242 e. The van der Waals surface area contributed by atoms with Crippen LogP contribution in [-0.4, -0.2) is 35.1 Å². The summed E-state index contributed by atoms with van der Waals surface area (Å²) >= 11 is 13.7. The van der Waals surface area contributed by atoms with E-state index in [0.717, 1.165) is 29.5 Å². The molecule has 0 heterocycles. The molecule has 2 aromatic carbocycles. The number of rotatable bonds is 12. The van der Waals surface area contributed by atoms with E-state index in [0.29, 0.717) is 35.3 Å². The van der Waals surface area contributed by atoms with E-state index >= 15 is 0 Å². The normalized spacial score (nSPS) is 11.8. The number of aryl methyl sites for hydroxylation is 1. The molecule has 0 fully saturated rings. The molecule has 0 unspecified atom stereocenters. The summed E-state index contributed by atoms with van der Waals surface area (Å²) in [6, 6.07) is 13.0. The molecule has 0 aliphatic rings. The average molecular weight is 496 g/mol. The van der Waals surface area contributed by atoms with E-state index in [1.165, 1.54) is 11.8 Å². The number of nitrogens with zero attached hydrogens (tertiary/aromatic N) is 1. The largest absolute Gasteiger partial charge is 0.354 e. The van der Waals surface area contributed by atoms with E-state index < -0.39 is 6.04 Å². The van der Waals surface area contributed by atoms with Gasteiger partial charge in [-0.2, -0.15) is 0 Å². The number of carbonyl (C=O) groups excluding carboxylic acids is 2. The molecule has 0 spiro atoms. The predicted molar refractivity (Wildman–Crippen MR) is 136 cm³/mol. The van der Waals surface area contributed by atoms with Crippen LogP contribution >= 0.6 is 35.0 Å². The van der Waals surface area contributed by atoms with Gasteiger partial charge in [-0.3, -0.25) is 9.59 Å². The van der Waals surface area contributed by atoms with E-state index in [9.17, 15) is 9.59 Å². The Hall–Kier alpha value is -1.69. The summed E-state index contributed by atoms with van der Waals surface area (Å²) in [6.45, 7) is 7.09. The van der Waals surface area contributed by atoms with Crippen molar-refractivity contribution in [1.82, 2.24) is 10.2 Å². The van der Waals surface area contributed by atoms with Crippen LogP contribution in [0.25, 0.3) is 0 Å². The Labute approximate surface area is 206 Å². The van der Waals surface area contributed by atoms with Crippen molar-refractivity contribution in [3.63, 3.8) is 0 Å². The molecule has 174 valence electrons. The van der Waals surface area contributed by atoms with Crippen LogP contribution in [0.4, 0.5) is 0 Å². The molecule has 32 heavy (non-hydrogen) atoms. The summed E-state index contributed by atoms with van der Waals surface area (Å²) in [5, 5.41) is 4.17. The molecule has 1 N–H and O–H groups in total. The Balaban J connectivity index is 2.11. The Bertz CT molecular complexity index is 890. The van der Waals surface area contributed by atoms with Gasteiger partial charge in [0.25, 0.3) is 0 Å². The second-order valence-electron chi connectivity index (χ2n) is 7.80. The van der Waals surface area contributed by atoms with Gasteiger partial charge in [-0.25, -0.2) is 0 Å². The molecular weight excluding hydrogens is 463 g/mol. The molecule has 2 aromatic rings. The van der Waals surface area contributed by atoms with Crippen LogP contribution in [0.2, 0.25) is 10.0 Å². The molecule has 2 amide bonds. The first-order valence-electron chi connectivity index (χ1n) is 11.0. The number of unbranched alkanes of at least 4 members (excludes halogenated alkanes) is 1. The second kappa shape index (κ2) is 13.8. The lowest BCUT2D eigenvalue weighted by atomic mass is 10.1. The third kappa shape index (κ3) is 8.34. The number of amides is 2. The topological polar surface area (TPSA) is 49.4 Å². The SMILES string of the molecule is CCCCNC(=O)[C@@H](CC)N(Cc1ccc(C)cc1)C(=O)CSCc1ccc(Cl)cc1Cl. The number of hydrogen-bond acceptors (Lipinski definition) is 3. The highest BCUT2D eigenvalue weighted by molar-refractivity contribution is 7.99. The molecular formula is C25H32Cl2N2O2S. The zero-order chi connectivity index (χ0) is 23.5. The minimum atomic E-state index is -0.500. The van der Waals surface area contributed by atoms with Crippen LogP contribution in [-0.2, 0) is 21.9 Å². The fourth-order valence-corrected chi connectivity index (χ4v) is 4.75. The summed E-state index contributed by atoms with van der Waals surface area (Å²) in [5.41, 5.74) is 3.10. The fraction of sp³-hybridized carbons (Fsp3) is 0.440. The summed E-state index contributed by atoms with van der Waals surface area (Å²) in [6.07, 6.45) is 2.49. The standard InChI is InChI=1S/C25H32Cl2N2O2S/c1-4-6-13-28-25(31)23(5-2)29(15-19-9-7-18(3)8-10-19)24(30)17-32-16-20-11-12-21(26)14-22(20)27/h7-12,14,23H,4-6,13,15-17H2,1-3H3,(H,28,31)/t23-/m1/s1. The van der Waals surface area contributed by atoms with Gasteiger partial charge in [-0.05, 0) is 43.0 Å². The van der Waals surface area contributed by atoms with E-state index in [1.54, 1.807) is 17.0 Å². The van der Waals surface area contributed by atoms with E-state index in [1.807, 2.05) is 44.2 Å². The Morgan fingerprint density at radius 1 is 1.09 bits per heavy atom. The Kier molecular flexibility index (Phi) is 11.4. The van der Waals surface area contributed by atoms with Crippen molar-refractivity contribution in [2.45, 2.75) is 58.4 Å². The number of halogens is 2. The molecule has 0 radical (unpaired) electrons. The van der Waals surface area contributed by atoms with Crippen LogP contribution < -0.4 is 5.32 Å². The van der Waals surface area contributed by atoms with Gasteiger partial charge in [-0.1, -0.05) is 79.4 Å². The highest BCUT2D eigenvalue weighted by Gasteiger charge is 2.28. The maximum absolute atomic E-state index is 13.2. The molecule has 0 bridgehead atoms. The first-order valence-corrected chi connectivity index (χ1v) is 12.9. The minimum absolute atomic E-state index is 0.0573. The van der Waals surface area contributed by atoms with E-state index in [2.05, 4.69) is 12.2 Å². The zero-order valence-corrected chi connectivity index (χ0v) is 21.3. The lowest BCUT2D eigenvalue weighted by molar-refractivity contribution is -0.139. The van der Waals surface area contributed by atoms with E-state index in [-0.39, 0.29) is 17.6 Å². The van der Waals surface area contributed by atoms with Gasteiger partial charge >= 0.3 is 0 Å². The quantitative estimate of drug-likeness (QED) is 0.354. The van der Waals surface area contributed by atoms with Crippen LogP contribution in [0.5, 0.6) is 0 Å². The predicted octanol–water partition coefficient (Wildman–Crippen LogP) is 6.26. The number of hydrogen-bond donors (Lipinski definition) is 1. The van der Waals surface area contributed by atoms with Gasteiger partial charge in [0.15, 0.2) is 0 Å². The van der Waals surface area contributed by atoms with Crippen molar-refractivity contribution in [2.75, 3.05) is 12.3 Å². The van der Waals surface area contributed by atoms with Crippen molar-refractivity contribution in [3.05, 3.63) is 69.2 Å². The van der Waals surface area contributed by atoms with Crippen molar-refractivity contribution >= 4 is 46.8 Å². The highest BCUT2D eigenvalue weighted by Crippen LogP contribution is 2.25. The van der Waals surface area contributed by atoms with Crippen molar-refractivity contribution in [1.29, 1.82) is 0 Å². The highest BCUT2D eigenvalue weighted by atomic mass is 35.5. The molecule has 0 aliphatic heterocycles. The van der Waals surface area contributed by atoms with E-state index in [4.69, 9.17) is 23.2 Å². The minimum Gasteiger partial charge on any atom is -0.354 e. The molecule has 0 aromatic heterocycles. The van der Waals surface area contributed by atoms with Crippen LogP contribution in [0.1, 0.15) is 49.8 Å². The van der Waals surface area contributed by atoms with Crippen molar-refractivity contribution < 1.29 is 9.59 Å². The van der Waals surface area contributed by atoms with Crippen LogP contribution in [0.3, 0.4) is 0 Å². The van der Waals surface area contributed by atoms with Gasteiger partial charge in [0.05, 0.1) is 5.75 Å². The zero-order valence-electron chi connectivity index (χ0n) is 19.0. The lowest BCUT2D eigenvalue weighted by Crippen LogP contribution is -2.49. The number of benzene rings is 2. The monoisotopic (exact) mass is 494 g/mol. The Morgan fingerprint density at radius 3 is 2.44 bits per heavy atom. The summed E-state index contributed by atoms with van der Waals surface area (Å²) in [5.74, 6) is 0.716. The first-order chi connectivity index (χ1) is 15.3. The fourth-order valence-electron chi connectivity index (χ4n) is 3.29. The van der Waals surface area contributed by atoms with Gasteiger partial charge in [0.2, 0.25) is 11.8 Å². The molecule has 4 nitrogen and oxygen atoms in total. The molecule has 7 heteroatoms. The third-order valence-electron chi connectivity index (χ3n) is 5.19. The van der Waals surface area contributed by atoms with Crippen LogP contribution in [0, 0.1) is 6.92 Å². The molecule has 0 saturated carbocycles. The maximum atomic E-state index is 13.2. The molecule has 0 aliphatic carbocycles. The smallest absolute Gasteiger partial charge is 0.242 e. The molecule has 0 saturated heterocycles. The summed E-state index contributed by atoms with van der Waals surface area (Å²) in [7, 11) is 0.